The minimum Gasteiger partial charge on any atom is -0.475 e. The van der Waals surface area contributed by atoms with Gasteiger partial charge < -0.3 is 10.4 Å². The van der Waals surface area contributed by atoms with Gasteiger partial charge in [-0.1, -0.05) is 0 Å². The summed E-state index contributed by atoms with van der Waals surface area (Å²) >= 11 is 0. The molecule has 2 N–H and O–H groups in total. The molecular weight excluding hydrogens is 225 g/mol. The summed E-state index contributed by atoms with van der Waals surface area (Å²) in [6, 6.07) is 0. The molecule has 0 spiro atoms. The van der Waals surface area contributed by atoms with E-state index in [1.807, 2.05) is 0 Å². The molecule has 90 valence electrons. The lowest BCUT2D eigenvalue weighted by atomic mass is 10.1. The Hall–Kier alpha value is -0.920. The summed E-state index contributed by atoms with van der Waals surface area (Å²) in [7, 11) is 0. The van der Waals surface area contributed by atoms with Crippen molar-refractivity contribution >= 4 is 5.97 Å². The van der Waals surface area contributed by atoms with Gasteiger partial charge in [-0.15, -0.1) is 0 Å². The van der Waals surface area contributed by atoms with Gasteiger partial charge in [0, 0.05) is 25.9 Å². The van der Waals surface area contributed by atoms with Crippen molar-refractivity contribution in [1.82, 2.24) is 5.32 Å². The summed E-state index contributed by atoms with van der Waals surface area (Å²) in [4.78, 5) is 8.90. The summed E-state index contributed by atoms with van der Waals surface area (Å²) < 4.78 is 56.1. The fourth-order valence-corrected chi connectivity index (χ4v) is 0.793. The van der Waals surface area contributed by atoms with Crippen LogP contribution in [-0.4, -0.2) is 36.3 Å². The molecule has 1 saturated heterocycles. The molecular formula is C7H10F5NO2. The third kappa shape index (κ3) is 7.06. The molecule has 0 amide bonds. The second-order valence-corrected chi connectivity index (χ2v) is 2.91. The average Bonchev–Trinajstić information content (AvgIpc) is 2.02. The first-order valence-electron chi connectivity index (χ1n) is 4.04. The van der Waals surface area contributed by atoms with Gasteiger partial charge in [0.15, 0.2) is 0 Å². The first-order valence-corrected chi connectivity index (χ1v) is 4.04. The number of hydrogen-bond acceptors (Lipinski definition) is 2. The Kier molecular flexibility index (Phi) is 4.92. The van der Waals surface area contributed by atoms with E-state index in [2.05, 4.69) is 5.32 Å². The zero-order valence-electron chi connectivity index (χ0n) is 7.57. The molecule has 1 heterocycles. The highest BCUT2D eigenvalue weighted by Crippen LogP contribution is 2.23. The first kappa shape index (κ1) is 14.1. The van der Waals surface area contributed by atoms with Gasteiger partial charge in [-0.2, -0.15) is 13.2 Å². The average molecular weight is 235 g/mol. The monoisotopic (exact) mass is 235 g/mol. The van der Waals surface area contributed by atoms with Gasteiger partial charge in [0.2, 0.25) is 0 Å². The number of hydrogen-bond donors (Lipinski definition) is 2. The predicted molar refractivity (Wildman–Crippen MR) is 40.7 cm³/mol. The Morgan fingerprint density at radius 3 is 1.67 bits per heavy atom. The van der Waals surface area contributed by atoms with E-state index in [1.54, 1.807) is 0 Å². The Bertz CT molecular complexity index is 208. The molecule has 1 fully saturated rings. The van der Waals surface area contributed by atoms with E-state index in [0.717, 1.165) is 0 Å². The summed E-state index contributed by atoms with van der Waals surface area (Å²) in [6.07, 6.45) is -5.07. The fourth-order valence-electron chi connectivity index (χ4n) is 0.793. The maximum atomic E-state index is 12.2. The normalized spacial score (nSPS) is 20.1. The van der Waals surface area contributed by atoms with Crippen LogP contribution in [0.25, 0.3) is 0 Å². The van der Waals surface area contributed by atoms with E-state index in [1.165, 1.54) is 0 Å². The number of piperidine rings is 1. The summed E-state index contributed by atoms with van der Waals surface area (Å²) in [5, 5.41) is 9.99. The van der Waals surface area contributed by atoms with E-state index in [0.29, 0.717) is 13.1 Å². The minimum atomic E-state index is -5.08. The number of carboxylic acid groups (broad SMARTS) is 1. The molecule has 0 radical (unpaired) electrons. The highest BCUT2D eigenvalue weighted by Gasteiger charge is 2.38. The van der Waals surface area contributed by atoms with Crippen LogP contribution in [0.2, 0.25) is 0 Å². The Balaban J connectivity index is 0.000000265. The number of aliphatic carboxylic acids is 1. The fraction of sp³-hybridized carbons (Fsp3) is 0.857. The molecule has 1 rings (SSSR count). The second kappa shape index (κ2) is 5.24. The van der Waals surface area contributed by atoms with Gasteiger partial charge in [-0.25, -0.2) is 13.6 Å². The van der Waals surface area contributed by atoms with E-state index in [-0.39, 0.29) is 12.8 Å². The molecule has 0 aromatic rings. The molecule has 0 unspecified atom stereocenters. The van der Waals surface area contributed by atoms with Crippen LogP contribution in [0.15, 0.2) is 0 Å². The van der Waals surface area contributed by atoms with E-state index < -0.39 is 18.1 Å². The molecule has 8 heteroatoms. The van der Waals surface area contributed by atoms with Gasteiger partial charge in [-0.05, 0) is 0 Å². The van der Waals surface area contributed by atoms with Crippen molar-refractivity contribution in [3.63, 3.8) is 0 Å². The Labute approximate surface area is 82.3 Å². The smallest absolute Gasteiger partial charge is 0.475 e. The molecule has 0 saturated carbocycles. The number of nitrogens with one attached hydrogen (secondary N) is 1. The van der Waals surface area contributed by atoms with Crippen LogP contribution in [0.3, 0.4) is 0 Å². The van der Waals surface area contributed by atoms with Crippen molar-refractivity contribution in [3.05, 3.63) is 0 Å². The van der Waals surface area contributed by atoms with Crippen LogP contribution in [0.1, 0.15) is 12.8 Å². The molecule has 15 heavy (non-hydrogen) atoms. The van der Waals surface area contributed by atoms with Crippen molar-refractivity contribution < 1.29 is 31.9 Å². The number of halogens is 5. The standard InChI is InChI=1S/C5H9F2N.C2HF3O2/c6-5(7)1-3-8-4-2-5;3-2(4,5)1(6)7/h8H,1-4H2;(H,6,7). The van der Waals surface area contributed by atoms with Crippen LogP contribution >= 0.6 is 0 Å². The number of alkyl halides is 5. The molecule has 0 bridgehead atoms. The van der Waals surface area contributed by atoms with Gasteiger partial charge in [0.1, 0.15) is 0 Å². The molecule has 1 aliphatic rings. The van der Waals surface area contributed by atoms with Crippen molar-refractivity contribution in [1.29, 1.82) is 0 Å². The topological polar surface area (TPSA) is 49.3 Å². The van der Waals surface area contributed by atoms with Crippen LogP contribution < -0.4 is 5.32 Å². The number of rotatable bonds is 0. The lowest BCUT2D eigenvalue weighted by Gasteiger charge is -2.21. The first-order chi connectivity index (χ1) is 6.65. The number of carbonyl (C=O) groups is 1. The van der Waals surface area contributed by atoms with Crippen LogP contribution in [0.4, 0.5) is 22.0 Å². The molecule has 3 nitrogen and oxygen atoms in total. The largest absolute Gasteiger partial charge is 0.490 e. The van der Waals surface area contributed by atoms with Crippen molar-refractivity contribution in [2.45, 2.75) is 24.9 Å². The van der Waals surface area contributed by atoms with Crippen LogP contribution in [-0.2, 0) is 4.79 Å². The minimum absolute atomic E-state index is 0.00694. The van der Waals surface area contributed by atoms with Gasteiger partial charge >= 0.3 is 12.1 Å². The third-order valence-corrected chi connectivity index (χ3v) is 1.58. The van der Waals surface area contributed by atoms with Crippen LogP contribution in [0.5, 0.6) is 0 Å². The predicted octanol–water partition coefficient (Wildman–Crippen LogP) is 1.64. The van der Waals surface area contributed by atoms with Gasteiger partial charge in [0.05, 0.1) is 0 Å². The lowest BCUT2D eigenvalue weighted by molar-refractivity contribution is -0.192. The highest BCUT2D eigenvalue weighted by molar-refractivity contribution is 5.73. The molecule has 0 aliphatic carbocycles. The molecule has 0 aromatic heterocycles. The summed E-state index contributed by atoms with van der Waals surface area (Å²) in [5.41, 5.74) is 0. The van der Waals surface area contributed by atoms with Gasteiger partial charge in [-0.3, -0.25) is 0 Å². The SMILES string of the molecule is FC1(F)CCNCC1.O=C(O)C(F)(F)F. The molecule has 0 aromatic carbocycles. The van der Waals surface area contributed by atoms with Gasteiger partial charge in [0.25, 0.3) is 5.92 Å². The molecule has 0 atom stereocenters. The van der Waals surface area contributed by atoms with Crippen molar-refractivity contribution in [3.8, 4) is 0 Å². The Morgan fingerprint density at radius 1 is 1.20 bits per heavy atom. The third-order valence-electron chi connectivity index (χ3n) is 1.58. The maximum Gasteiger partial charge on any atom is 0.490 e. The maximum absolute atomic E-state index is 12.2. The van der Waals surface area contributed by atoms with E-state index in [9.17, 15) is 22.0 Å². The Morgan fingerprint density at radius 2 is 1.53 bits per heavy atom. The summed E-state index contributed by atoms with van der Waals surface area (Å²) in [6.45, 7) is 0.931. The van der Waals surface area contributed by atoms with E-state index in [4.69, 9.17) is 9.90 Å². The number of carboxylic acids is 1. The quantitative estimate of drug-likeness (QED) is 0.627. The van der Waals surface area contributed by atoms with Crippen molar-refractivity contribution in [2.24, 2.45) is 0 Å². The molecule has 1 aliphatic heterocycles. The van der Waals surface area contributed by atoms with E-state index >= 15 is 0 Å². The summed E-state index contributed by atoms with van der Waals surface area (Å²) in [5.74, 6) is -5.14. The second-order valence-electron chi connectivity index (χ2n) is 2.91. The van der Waals surface area contributed by atoms with Crippen LogP contribution in [0, 0.1) is 0 Å². The lowest BCUT2D eigenvalue weighted by Crippen LogP contribution is -2.35. The highest BCUT2D eigenvalue weighted by atomic mass is 19.4. The zero-order valence-corrected chi connectivity index (χ0v) is 7.57. The van der Waals surface area contributed by atoms with Crippen molar-refractivity contribution in [2.75, 3.05) is 13.1 Å². The zero-order chi connectivity index (χ0) is 12.1.